The average Bonchev–Trinajstić information content (AvgIpc) is 2.56. The molecule has 116 valence electrons. The molecule has 0 saturated carbocycles. The van der Waals surface area contributed by atoms with E-state index in [4.69, 9.17) is 0 Å². The molecule has 0 fully saturated rings. The van der Waals surface area contributed by atoms with Gasteiger partial charge in [0.15, 0.2) is 0 Å². The van der Waals surface area contributed by atoms with Crippen molar-refractivity contribution >= 4 is 21.3 Å². The largest absolute Gasteiger partial charge is 0.279 e. The third-order valence-corrected chi connectivity index (χ3v) is 5.53. The number of benzene rings is 2. The third kappa shape index (κ3) is 2.39. The lowest BCUT2D eigenvalue weighted by Gasteiger charge is -2.32. The minimum absolute atomic E-state index is 0.361. The maximum atomic E-state index is 12.4. The molecular formula is C19H17NO2S. The van der Waals surface area contributed by atoms with Crippen molar-refractivity contribution < 1.29 is 8.42 Å². The van der Waals surface area contributed by atoms with E-state index in [9.17, 15) is 8.42 Å². The third-order valence-electron chi connectivity index (χ3n) is 4.50. The number of hydrogen-bond donors (Lipinski definition) is 1. The second-order valence-electron chi connectivity index (χ2n) is 6.09. The molecule has 23 heavy (non-hydrogen) atoms. The molecule has 0 saturated heterocycles. The van der Waals surface area contributed by atoms with E-state index in [1.807, 2.05) is 48.5 Å². The summed E-state index contributed by atoms with van der Waals surface area (Å²) in [6.07, 6.45) is 0.829. The highest BCUT2D eigenvalue weighted by atomic mass is 32.2. The topological polar surface area (TPSA) is 46.2 Å². The van der Waals surface area contributed by atoms with E-state index in [2.05, 4.69) is 17.7 Å². The standard InChI is InChI=1S/C19H17NO2S/c1-13-11-17-18(16-10-6-5-9-15(13)16)12-23(21,22)20-19(17)14-7-3-2-4-8-14/h2-10,12-13,20H,11H2,1H3. The molecular weight excluding hydrogens is 306 g/mol. The molecule has 1 unspecified atom stereocenters. The van der Waals surface area contributed by atoms with E-state index in [0.29, 0.717) is 11.6 Å². The normalized spacial score (nSPS) is 21.8. The number of rotatable bonds is 1. The van der Waals surface area contributed by atoms with Crippen LogP contribution in [0.15, 0.2) is 65.6 Å². The molecule has 1 aliphatic heterocycles. The summed E-state index contributed by atoms with van der Waals surface area (Å²) in [7, 11) is -3.48. The van der Waals surface area contributed by atoms with Crippen LogP contribution in [0.4, 0.5) is 0 Å². The summed E-state index contributed by atoms with van der Waals surface area (Å²) in [5.74, 6) is 0.361. The SMILES string of the molecule is CC1CC2=C(c3ccccc3)NS(=O)(=O)C=C2c2ccccc21. The first-order chi connectivity index (χ1) is 11.1. The van der Waals surface area contributed by atoms with Crippen LogP contribution in [0.3, 0.4) is 0 Å². The molecule has 1 heterocycles. The average molecular weight is 323 g/mol. The lowest BCUT2D eigenvalue weighted by Crippen LogP contribution is -2.27. The molecule has 0 radical (unpaired) electrons. The Hall–Kier alpha value is -2.33. The molecule has 1 aliphatic carbocycles. The molecule has 1 atom stereocenters. The molecule has 2 aromatic carbocycles. The fraction of sp³-hybridized carbons (Fsp3) is 0.158. The highest BCUT2D eigenvalue weighted by molar-refractivity contribution is 7.93. The van der Waals surface area contributed by atoms with Gasteiger partial charge in [-0.3, -0.25) is 4.72 Å². The first-order valence-electron chi connectivity index (χ1n) is 7.68. The van der Waals surface area contributed by atoms with Gasteiger partial charge in [0.1, 0.15) is 0 Å². The van der Waals surface area contributed by atoms with Crippen molar-refractivity contribution in [3.05, 3.63) is 82.3 Å². The van der Waals surface area contributed by atoms with Gasteiger partial charge < -0.3 is 0 Å². The maximum Gasteiger partial charge on any atom is 0.255 e. The van der Waals surface area contributed by atoms with Crippen LogP contribution < -0.4 is 4.72 Å². The molecule has 4 heteroatoms. The van der Waals surface area contributed by atoms with Crippen LogP contribution in [0.2, 0.25) is 0 Å². The van der Waals surface area contributed by atoms with Gasteiger partial charge in [-0.05, 0) is 34.6 Å². The van der Waals surface area contributed by atoms with Crippen molar-refractivity contribution in [2.75, 3.05) is 0 Å². The van der Waals surface area contributed by atoms with Crippen molar-refractivity contribution in [3.8, 4) is 0 Å². The fourth-order valence-electron chi connectivity index (χ4n) is 3.46. The van der Waals surface area contributed by atoms with Gasteiger partial charge in [-0.2, -0.15) is 0 Å². The summed E-state index contributed by atoms with van der Waals surface area (Å²) >= 11 is 0. The smallest absolute Gasteiger partial charge is 0.255 e. The summed E-state index contributed by atoms with van der Waals surface area (Å²) in [6.45, 7) is 2.19. The van der Waals surface area contributed by atoms with Gasteiger partial charge in [0.2, 0.25) is 0 Å². The molecule has 0 amide bonds. The number of allylic oxidation sites excluding steroid dienone is 2. The predicted molar refractivity (Wildman–Crippen MR) is 92.9 cm³/mol. The zero-order valence-electron chi connectivity index (χ0n) is 12.8. The van der Waals surface area contributed by atoms with Gasteiger partial charge in [0, 0.05) is 5.57 Å². The molecule has 1 N–H and O–H groups in total. The van der Waals surface area contributed by atoms with E-state index in [-0.39, 0.29) is 0 Å². The van der Waals surface area contributed by atoms with Crippen molar-refractivity contribution in [1.29, 1.82) is 0 Å². The van der Waals surface area contributed by atoms with E-state index in [1.54, 1.807) is 0 Å². The van der Waals surface area contributed by atoms with Crippen LogP contribution in [0.25, 0.3) is 11.3 Å². The fourth-order valence-corrected chi connectivity index (χ4v) is 4.62. The van der Waals surface area contributed by atoms with Gasteiger partial charge in [-0.15, -0.1) is 0 Å². The molecule has 0 bridgehead atoms. The van der Waals surface area contributed by atoms with Crippen LogP contribution >= 0.6 is 0 Å². The minimum Gasteiger partial charge on any atom is -0.279 e. The van der Waals surface area contributed by atoms with Crippen molar-refractivity contribution in [1.82, 2.24) is 4.72 Å². The van der Waals surface area contributed by atoms with E-state index >= 15 is 0 Å². The van der Waals surface area contributed by atoms with E-state index in [0.717, 1.165) is 28.7 Å². The van der Waals surface area contributed by atoms with Gasteiger partial charge in [0.25, 0.3) is 10.0 Å². The van der Waals surface area contributed by atoms with E-state index < -0.39 is 10.0 Å². The Balaban J connectivity index is 2.01. The quantitative estimate of drug-likeness (QED) is 0.865. The zero-order valence-corrected chi connectivity index (χ0v) is 13.6. The monoisotopic (exact) mass is 323 g/mol. The molecule has 2 aliphatic rings. The Morgan fingerprint density at radius 1 is 1.00 bits per heavy atom. The Kier molecular flexibility index (Phi) is 3.16. The molecule has 3 nitrogen and oxygen atoms in total. The van der Waals surface area contributed by atoms with Crippen molar-refractivity contribution in [2.45, 2.75) is 19.3 Å². The Morgan fingerprint density at radius 2 is 1.70 bits per heavy atom. The first kappa shape index (κ1) is 14.3. The number of fused-ring (bicyclic) bond motifs is 3. The lowest BCUT2D eigenvalue weighted by molar-refractivity contribution is 0.599. The van der Waals surface area contributed by atoms with Crippen molar-refractivity contribution in [2.24, 2.45) is 0 Å². The van der Waals surface area contributed by atoms with Gasteiger partial charge >= 0.3 is 0 Å². The Labute approximate surface area is 136 Å². The second kappa shape index (κ2) is 5.10. The van der Waals surface area contributed by atoms with Crippen LogP contribution in [0, 0.1) is 0 Å². The summed E-state index contributed by atoms with van der Waals surface area (Å²) in [4.78, 5) is 0. The highest BCUT2D eigenvalue weighted by Gasteiger charge is 2.32. The molecule has 0 spiro atoms. The van der Waals surface area contributed by atoms with Crippen LogP contribution in [-0.4, -0.2) is 8.42 Å². The number of nitrogens with one attached hydrogen (secondary N) is 1. The van der Waals surface area contributed by atoms with Crippen LogP contribution in [0.5, 0.6) is 0 Å². The summed E-state index contributed by atoms with van der Waals surface area (Å²) in [6, 6.07) is 17.8. The van der Waals surface area contributed by atoms with Gasteiger partial charge in [-0.25, -0.2) is 8.42 Å². The molecule has 4 rings (SSSR count). The van der Waals surface area contributed by atoms with Gasteiger partial charge in [0.05, 0.1) is 11.1 Å². The predicted octanol–water partition coefficient (Wildman–Crippen LogP) is 3.88. The van der Waals surface area contributed by atoms with E-state index in [1.165, 1.54) is 11.0 Å². The Morgan fingerprint density at radius 3 is 2.48 bits per heavy atom. The van der Waals surface area contributed by atoms with Crippen LogP contribution in [0.1, 0.15) is 36.0 Å². The number of sulfonamides is 1. The summed E-state index contributed by atoms with van der Waals surface area (Å²) < 4.78 is 27.5. The highest BCUT2D eigenvalue weighted by Crippen LogP contribution is 2.45. The second-order valence-corrected chi connectivity index (χ2v) is 7.62. The molecule has 2 aromatic rings. The Bertz CT molecular complexity index is 940. The summed E-state index contributed by atoms with van der Waals surface area (Å²) in [5, 5.41) is 1.37. The lowest BCUT2D eigenvalue weighted by atomic mass is 9.77. The number of hydrogen-bond acceptors (Lipinski definition) is 2. The van der Waals surface area contributed by atoms with Gasteiger partial charge in [-0.1, -0.05) is 61.5 Å². The van der Waals surface area contributed by atoms with Crippen LogP contribution in [-0.2, 0) is 10.0 Å². The van der Waals surface area contributed by atoms with Crippen molar-refractivity contribution in [3.63, 3.8) is 0 Å². The summed E-state index contributed by atoms with van der Waals surface area (Å²) in [5.41, 5.74) is 5.77. The zero-order chi connectivity index (χ0) is 16.0. The maximum absolute atomic E-state index is 12.4. The minimum atomic E-state index is -3.48. The first-order valence-corrected chi connectivity index (χ1v) is 9.22. The molecule has 0 aromatic heterocycles.